The van der Waals surface area contributed by atoms with E-state index < -0.39 is 5.54 Å². The van der Waals surface area contributed by atoms with Crippen molar-refractivity contribution >= 4 is 27.7 Å². The molecule has 1 aromatic carbocycles. The Morgan fingerprint density at radius 2 is 2.28 bits per heavy atom. The Morgan fingerprint density at radius 3 is 2.89 bits per heavy atom. The fourth-order valence-corrected chi connectivity index (χ4v) is 2.76. The molecular formula is C12H9NO4S. The average molecular weight is 263 g/mol. The summed E-state index contributed by atoms with van der Waals surface area (Å²) in [5.74, 6) is 0.621. The second-order valence-corrected chi connectivity index (χ2v) is 5.17. The minimum absolute atomic E-state index is 0.354. The molecule has 0 spiro atoms. The van der Waals surface area contributed by atoms with E-state index in [2.05, 4.69) is 4.99 Å². The topological polar surface area (TPSA) is 68.9 Å². The van der Waals surface area contributed by atoms with Crippen molar-refractivity contribution in [2.45, 2.75) is 18.4 Å². The predicted octanol–water partition coefficient (Wildman–Crippen LogP) is 2.19. The molecule has 1 aliphatic carbocycles. The number of aliphatic imine (C=N–C) groups is 1. The van der Waals surface area contributed by atoms with Crippen LogP contribution in [0.4, 0.5) is 0 Å². The van der Waals surface area contributed by atoms with E-state index in [1.807, 2.05) is 0 Å². The van der Waals surface area contributed by atoms with Crippen molar-refractivity contribution < 1.29 is 13.9 Å². The van der Waals surface area contributed by atoms with Crippen LogP contribution in [-0.2, 0) is 10.3 Å². The van der Waals surface area contributed by atoms with Gasteiger partial charge in [0, 0.05) is 11.6 Å². The Morgan fingerprint density at radius 1 is 1.50 bits per heavy atom. The van der Waals surface area contributed by atoms with Crippen LogP contribution in [-0.4, -0.2) is 13.2 Å². The highest BCUT2D eigenvalue weighted by molar-refractivity contribution is 7.16. The average Bonchev–Trinajstić information content (AvgIpc) is 3.03. The third-order valence-corrected chi connectivity index (χ3v) is 3.93. The van der Waals surface area contributed by atoms with Crippen LogP contribution in [0.2, 0.25) is 0 Å². The molecule has 1 heterocycles. The van der Waals surface area contributed by atoms with Crippen LogP contribution in [0, 0.1) is 0 Å². The van der Waals surface area contributed by atoms with Gasteiger partial charge >= 0.3 is 4.94 Å². The van der Waals surface area contributed by atoms with Crippen LogP contribution in [0.5, 0.6) is 5.75 Å². The van der Waals surface area contributed by atoms with Crippen LogP contribution < -0.4 is 9.68 Å². The quantitative estimate of drug-likeness (QED) is 0.628. The van der Waals surface area contributed by atoms with E-state index in [0.717, 1.165) is 34.4 Å². The summed E-state index contributed by atoms with van der Waals surface area (Å²) >= 11 is 1.02. The monoisotopic (exact) mass is 263 g/mol. The number of hydrogen-bond acceptors (Lipinski definition) is 6. The summed E-state index contributed by atoms with van der Waals surface area (Å²) in [7, 11) is 1.55. The normalized spacial score (nSPS) is 16.3. The van der Waals surface area contributed by atoms with Crippen LogP contribution >= 0.6 is 11.3 Å². The Hall–Kier alpha value is -1.91. The lowest BCUT2D eigenvalue weighted by molar-refractivity contribution is 0.405. The van der Waals surface area contributed by atoms with E-state index >= 15 is 0 Å². The molecule has 6 heteroatoms. The van der Waals surface area contributed by atoms with Crippen molar-refractivity contribution in [2.75, 3.05) is 7.11 Å². The molecular weight excluding hydrogens is 254 g/mol. The number of isocyanates is 1. The molecule has 3 rings (SSSR count). The maximum absolute atomic E-state index is 11.2. The van der Waals surface area contributed by atoms with Gasteiger partial charge in [-0.15, -0.1) is 0 Å². The lowest BCUT2D eigenvalue weighted by Crippen LogP contribution is -2.04. The van der Waals surface area contributed by atoms with Crippen molar-refractivity contribution in [1.82, 2.24) is 0 Å². The summed E-state index contributed by atoms with van der Waals surface area (Å²) in [5, 5.41) is 0. The van der Waals surface area contributed by atoms with Crippen molar-refractivity contribution in [3.05, 3.63) is 27.4 Å². The summed E-state index contributed by atoms with van der Waals surface area (Å²) in [6.45, 7) is 0. The molecule has 1 aliphatic rings. The van der Waals surface area contributed by atoms with Gasteiger partial charge in [-0.2, -0.15) is 4.99 Å². The van der Waals surface area contributed by atoms with Crippen LogP contribution in [0.1, 0.15) is 18.4 Å². The predicted molar refractivity (Wildman–Crippen MR) is 65.9 cm³/mol. The Labute approximate surface area is 106 Å². The molecule has 18 heavy (non-hydrogen) atoms. The third-order valence-electron chi connectivity index (χ3n) is 3.14. The first-order valence-corrected chi connectivity index (χ1v) is 6.21. The van der Waals surface area contributed by atoms with Crippen molar-refractivity contribution in [2.24, 2.45) is 4.99 Å². The molecule has 2 aromatic rings. The number of carbonyl (C=O) groups excluding carboxylic acids is 1. The van der Waals surface area contributed by atoms with E-state index in [4.69, 9.17) is 9.15 Å². The second-order valence-electron chi connectivity index (χ2n) is 4.19. The standard InChI is InChI=1S/C12H9NO4S/c1-16-8-5-10-9(17-11(15)18-10)4-7(8)12(2-3-12)13-6-14/h4-5H,2-3H2,1H3. The first-order valence-electron chi connectivity index (χ1n) is 5.40. The molecule has 0 unspecified atom stereocenters. The summed E-state index contributed by atoms with van der Waals surface area (Å²) in [6.07, 6.45) is 3.16. The lowest BCUT2D eigenvalue weighted by Gasteiger charge is -2.12. The van der Waals surface area contributed by atoms with Crippen LogP contribution in [0.15, 0.2) is 26.3 Å². The molecule has 5 nitrogen and oxygen atoms in total. The van der Waals surface area contributed by atoms with Crippen LogP contribution in [0.3, 0.4) is 0 Å². The fourth-order valence-electron chi connectivity index (χ4n) is 2.08. The van der Waals surface area contributed by atoms with Crippen molar-refractivity contribution in [3.63, 3.8) is 0 Å². The highest BCUT2D eigenvalue weighted by atomic mass is 32.1. The smallest absolute Gasteiger partial charge is 0.396 e. The van der Waals surface area contributed by atoms with Gasteiger partial charge in [-0.05, 0) is 18.9 Å². The Balaban J connectivity index is 2.27. The third kappa shape index (κ3) is 1.58. The molecule has 1 fully saturated rings. The van der Waals surface area contributed by atoms with Gasteiger partial charge in [-0.3, -0.25) is 0 Å². The van der Waals surface area contributed by atoms with E-state index in [9.17, 15) is 9.59 Å². The summed E-state index contributed by atoms with van der Waals surface area (Å²) in [5.41, 5.74) is 0.748. The van der Waals surface area contributed by atoms with E-state index in [0.29, 0.717) is 11.3 Å². The van der Waals surface area contributed by atoms with Gasteiger partial charge in [-0.25, -0.2) is 9.59 Å². The number of fused-ring (bicyclic) bond motifs is 1. The minimum Gasteiger partial charge on any atom is -0.496 e. The highest BCUT2D eigenvalue weighted by Crippen LogP contribution is 2.53. The number of rotatable bonds is 3. The largest absolute Gasteiger partial charge is 0.496 e. The van der Waals surface area contributed by atoms with Crippen molar-refractivity contribution in [1.29, 1.82) is 0 Å². The van der Waals surface area contributed by atoms with Gasteiger partial charge in [0.1, 0.15) is 16.9 Å². The summed E-state index contributed by atoms with van der Waals surface area (Å²) in [6, 6.07) is 3.49. The van der Waals surface area contributed by atoms with E-state index in [1.54, 1.807) is 25.3 Å². The maximum Gasteiger partial charge on any atom is 0.396 e. The summed E-state index contributed by atoms with van der Waals surface area (Å²) < 4.78 is 11.1. The van der Waals surface area contributed by atoms with E-state index in [-0.39, 0.29) is 4.94 Å². The summed E-state index contributed by atoms with van der Waals surface area (Å²) in [4.78, 5) is 25.2. The number of ether oxygens (including phenoxy) is 1. The Kier molecular flexibility index (Phi) is 2.36. The molecule has 92 valence electrons. The fraction of sp³-hybridized carbons (Fsp3) is 0.333. The lowest BCUT2D eigenvalue weighted by atomic mass is 10.0. The molecule has 0 saturated heterocycles. The molecule has 0 N–H and O–H groups in total. The van der Waals surface area contributed by atoms with Gasteiger partial charge < -0.3 is 9.15 Å². The second kappa shape index (κ2) is 3.80. The number of methoxy groups -OCH3 is 1. The zero-order valence-electron chi connectivity index (χ0n) is 9.56. The Bertz CT molecular complexity index is 719. The molecule has 0 atom stereocenters. The van der Waals surface area contributed by atoms with Gasteiger partial charge in [0.15, 0.2) is 0 Å². The SMILES string of the molecule is COc1cc2sc(=O)oc2cc1C1(N=C=O)CC1. The first kappa shape index (κ1) is 11.2. The van der Waals surface area contributed by atoms with Gasteiger partial charge in [-0.1, -0.05) is 11.3 Å². The number of benzene rings is 1. The zero-order valence-corrected chi connectivity index (χ0v) is 10.4. The van der Waals surface area contributed by atoms with Gasteiger partial charge in [0.25, 0.3) is 0 Å². The maximum atomic E-state index is 11.2. The van der Waals surface area contributed by atoms with Gasteiger partial charge in [0.2, 0.25) is 6.08 Å². The molecule has 1 saturated carbocycles. The zero-order chi connectivity index (χ0) is 12.8. The van der Waals surface area contributed by atoms with Gasteiger partial charge in [0.05, 0.1) is 11.8 Å². The minimum atomic E-state index is -0.540. The molecule has 0 aliphatic heterocycles. The van der Waals surface area contributed by atoms with E-state index in [1.165, 1.54) is 0 Å². The number of nitrogens with zero attached hydrogens (tertiary/aromatic N) is 1. The molecule has 0 amide bonds. The highest BCUT2D eigenvalue weighted by Gasteiger charge is 2.47. The molecule has 1 aromatic heterocycles. The molecule has 0 radical (unpaired) electrons. The van der Waals surface area contributed by atoms with Crippen molar-refractivity contribution in [3.8, 4) is 5.75 Å². The first-order chi connectivity index (χ1) is 8.68. The molecule has 0 bridgehead atoms. The van der Waals surface area contributed by atoms with Crippen LogP contribution in [0.25, 0.3) is 10.3 Å². The number of hydrogen-bond donors (Lipinski definition) is 0.